The van der Waals surface area contributed by atoms with Gasteiger partial charge < -0.3 is 10.0 Å². The van der Waals surface area contributed by atoms with E-state index in [0.717, 1.165) is 31.4 Å². The van der Waals surface area contributed by atoms with Gasteiger partial charge in [-0.15, -0.1) is 0 Å². The maximum Gasteiger partial charge on any atom is 0.223 e. The summed E-state index contributed by atoms with van der Waals surface area (Å²) in [5.41, 5.74) is 3.38. The molecule has 1 fully saturated rings. The Hall–Kier alpha value is -2.13. The fourth-order valence-electron chi connectivity index (χ4n) is 3.74. The highest BCUT2D eigenvalue weighted by molar-refractivity contribution is 5.77. The molecule has 3 heteroatoms. The Balaban J connectivity index is 1.56. The molecule has 2 aromatic carbocycles. The van der Waals surface area contributed by atoms with Crippen LogP contribution in [0.2, 0.25) is 0 Å². The zero-order chi connectivity index (χ0) is 17.6. The first-order chi connectivity index (χ1) is 12.1. The first-order valence-corrected chi connectivity index (χ1v) is 9.21. The summed E-state index contributed by atoms with van der Waals surface area (Å²) in [5.74, 6) is 0.212. The van der Waals surface area contributed by atoms with E-state index in [1.54, 1.807) is 0 Å². The van der Waals surface area contributed by atoms with Crippen molar-refractivity contribution < 1.29 is 9.90 Å². The van der Waals surface area contributed by atoms with Crippen molar-refractivity contribution in [2.75, 3.05) is 6.54 Å². The van der Waals surface area contributed by atoms with Gasteiger partial charge in [0.05, 0.1) is 6.10 Å². The number of carbonyl (C=O) groups excluding carboxylic acids is 1. The van der Waals surface area contributed by atoms with E-state index in [0.29, 0.717) is 12.8 Å². The molecule has 0 bridgehead atoms. The van der Waals surface area contributed by atoms with Crippen molar-refractivity contribution in [1.82, 2.24) is 4.90 Å². The standard InChI is InChI=1S/C22H27NO2/c1-17-7-5-8-18(15-17)12-13-22(25)23-14-6-11-20(23)16-21(24)19-9-3-2-4-10-19/h2-5,7-10,15,20-21,24H,6,11-14,16H2,1H3. The van der Waals surface area contributed by atoms with Crippen molar-refractivity contribution in [3.8, 4) is 0 Å². The predicted molar refractivity (Wildman–Crippen MR) is 100 cm³/mol. The van der Waals surface area contributed by atoms with Gasteiger partial charge in [0.25, 0.3) is 0 Å². The van der Waals surface area contributed by atoms with Crippen LogP contribution in [-0.2, 0) is 11.2 Å². The van der Waals surface area contributed by atoms with Crippen LogP contribution in [-0.4, -0.2) is 28.5 Å². The zero-order valence-electron chi connectivity index (χ0n) is 14.9. The third kappa shape index (κ3) is 4.70. The smallest absolute Gasteiger partial charge is 0.223 e. The van der Waals surface area contributed by atoms with Gasteiger partial charge >= 0.3 is 0 Å². The zero-order valence-corrected chi connectivity index (χ0v) is 14.9. The molecule has 3 nitrogen and oxygen atoms in total. The summed E-state index contributed by atoms with van der Waals surface area (Å²) in [7, 11) is 0. The highest BCUT2D eigenvalue weighted by Gasteiger charge is 2.30. The number of likely N-dealkylation sites (tertiary alicyclic amines) is 1. The van der Waals surface area contributed by atoms with Gasteiger partial charge in [-0.25, -0.2) is 0 Å². The lowest BCUT2D eigenvalue weighted by Crippen LogP contribution is -2.36. The van der Waals surface area contributed by atoms with Gasteiger partial charge in [-0.3, -0.25) is 4.79 Å². The Morgan fingerprint density at radius 1 is 1.20 bits per heavy atom. The summed E-state index contributed by atoms with van der Waals surface area (Å²) in [4.78, 5) is 14.7. The maximum atomic E-state index is 12.7. The summed E-state index contributed by atoms with van der Waals surface area (Å²) in [6, 6.07) is 18.2. The number of aliphatic hydroxyl groups excluding tert-OH is 1. The molecule has 0 spiro atoms. The second-order valence-corrected chi connectivity index (χ2v) is 7.03. The third-order valence-corrected chi connectivity index (χ3v) is 5.09. The first-order valence-electron chi connectivity index (χ1n) is 9.21. The largest absolute Gasteiger partial charge is 0.388 e. The van der Waals surface area contributed by atoms with Crippen molar-refractivity contribution in [2.24, 2.45) is 0 Å². The van der Waals surface area contributed by atoms with Crippen LogP contribution in [0.1, 0.15) is 48.5 Å². The van der Waals surface area contributed by atoms with Gasteiger partial charge in [0.2, 0.25) is 5.91 Å². The van der Waals surface area contributed by atoms with Crippen LogP contribution in [0.3, 0.4) is 0 Å². The number of hydrogen-bond acceptors (Lipinski definition) is 2. The van der Waals surface area contributed by atoms with Crippen LogP contribution < -0.4 is 0 Å². The molecule has 1 saturated heterocycles. The van der Waals surface area contributed by atoms with Gasteiger partial charge in [-0.1, -0.05) is 60.2 Å². The second kappa shape index (κ2) is 8.30. The molecule has 0 aliphatic carbocycles. The molecule has 1 aliphatic rings. The summed E-state index contributed by atoms with van der Waals surface area (Å²) < 4.78 is 0. The van der Waals surface area contributed by atoms with Crippen LogP contribution in [0, 0.1) is 6.92 Å². The van der Waals surface area contributed by atoms with E-state index in [4.69, 9.17) is 0 Å². The summed E-state index contributed by atoms with van der Waals surface area (Å²) in [6.07, 6.45) is 3.46. The van der Waals surface area contributed by atoms with Crippen LogP contribution in [0.25, 0.3) is 0 Å². The van der Waals surface area contributed by atoms with Crippen LogP contribution in [0.15, 0.2) is 54.6 Å². The van der Waals surface area contributed by atoms with E-state index in [9.17, 15) is 9.90 Å². The molecule has 132 valence electrons. The summed E-state index contributed by atoms with van der Waals surface area (Å²) in [5, 5.41) is 10.5. The quantitative estimate of drug-likeness (QED) is 0.864. The number of rotatable bonds is 6. The second-order valence-electron chi connectivity index (χ2n) is 7.03. The molecular weight excluding hydrogens is 310 g/mol. The van der Waals surface area contributed by atoms with E-state index in [1.165, 1.54) is 11.1 Å². The van der Waals surface area contributed by atoms with Crippen LogP contribution >= 0.6 is 0 Å². The Bertz CT molecular complexity index is 698. The monoisotopic (exact) mass is 337 g/mol. The van der Waals surface area contributed by atoms with Crippen LogP contribution in [0.5, 0.6) is 0 Å². The first kappa shape index (κ1) is 17.7. The molecular formula is C22H27NO2. The van der Waals surface area contributed by atoms with Gasteiger partial charge in [0.1, 0.15) is 0 Å². The lowest BCUT2D eigenvalue weighted by Gasteiger charge is -2.27. The van der Waals surface area contributed by atoms with E-state index in [2.05, 4.69) is 25.1 Å². The molecule has 1 amide bonds. The lowest BCUT2D eigenvalue weighted by atomic mass is 10.00. The van der Waals surface area contributed by atoms with E-state index in [-0.39, 0.29) is 11.9 Å². The number of nitrogens with zero attached hydrogens (tertiary/aromatic N) is 1. The molecule has 3 rings (SSSR count). The molecule has 25 heavy (non-hydrogen) atoms. The molecule has 1 N–H and O–H groups in total. The molecule has 1 heterocycles. The summed E-state index contributed by atoms with van der Waals surface area (Å²) in [6.45, 7) is 2.89. The molecule has 2 aromatic rings. The minimum Gasteiger partial charge on any atom is -0.388 e. The fraction of sp³-hybridized carbons (Fsp3) is 0.409. The van der Waals surface area contributed by atoms with Crippen LogP contribution in [0.4, 0.5) is 0 Å². The Morgan fingerprint density at radius 2 is 2.00 bits per heavy atom. The van der Waals surface area contributed by atoms with Crippen molar-refractivity contribution in [1.29, 1.82) is 0 Å². The van der Waals surface area contributed by atoms with Crippen molar-refractivity contribution in [3.63, 3.8) is 0 Å². The highest BCUT2D eigenvalue weighted by atomic mass is 16.3. The average Bonchev–Trinajstić information content (AvgIpc) is 3.08. The fourth-order valence-corrected chi connectivity index (χ4v) is 3.74. The number of aryl methyl sites for hydroxylation is 2. The minimum absolute atomic E-state index is 0.153. The lowest BCUT2D eigenvalue weighted by molar-refractivity contribution is -0.132. The van der Waals surface area contributed by atoms with Gasteiger partial charge in [0.15, 0.2) is 0 Å². The molecule has 1 aliphatic heterocycles. The molecule has 0 radical (unpaired) electrons. The van der Waals surface area contributed by atoms with Crippen molar-refractivity contribution in [3.05, 3.63) is 71.3 Å². The SMILES string of the molecule is Cc1cccc(CCC(=O)N2CCCC2CC(O)c2ccccc2)c1. The normalized spacial score (nSPS) is 18.3. The average molecular weight is 337 g/mol. The number of amides is 1. The Labute approximate surface area is 150 Å². The highest BCUT2D eigenvalue weighted by Crippen LogP contribution is 2.28. The Kier molecular flexibility index (Phi) is 5.87. The molecule has 2 unspecified atom stereocenters. The minimum atomic E-state index is -0.503. The van der Waals surface area contributed by atoms with E-state index < -0.39 is 6.10 Å². The van der Waals surface area contributed by atoms with Gasteiger partial charge in [0, 0.05) is 19.0 Å². The Morgan fingerprint density at radius 3 is 2.76 bits per heavy atom. The van der Waals surface area contributed by atoms with E-state index >= 15 is 0 Å². The van der Waals surface area contributed by atoms with Gasteiger partial charge in [-0.2, -0.15) is 0 Å². The van der Waals surface area contributed by atoms with Crippen molar-refractivity contribution >= 4 is 5.91 Å². The molecule has 0 saturated carbocycles. The van der Waals surface area contributed by atoms with E-state index in [1.807, 2.05) is 41.3 Å². The molecule has 0 aromatic heterocycles. The van der Waals surface area contributed by atoms with Gasteiger partial charge in [-0.05, 0) is 43.7 Å². The third-order valence-electron chi connectivity index (χ3n) is 5.09. The summed E-state index contributed by atoms with van der Waals surface area (Å²) >= 11 is 0. The maximum absolute atomic E-state index is 12.7. The number of hydrogen-bond donors (Lipinski definition) is 1. The topological polar surface area (TPSA) is 40.5 Å². The number of carbonyl (C=O) groups is 1. The molecule has 2 atom stereocenters. The number of aliphatic hydroxyl groups is 1. The predicted octanol–water partition coefficient (Wildman–Crippen LogP) is 4.04. The van der Waals surface area contributed by atoms with Crippen molar-refractivity contribution in [2.45, 2.75) is 51.2 Å². The number of benzene rings is 2.